The molecule has 1 aliphatic rings. The van der Waals surface area contributed by atoms with Crippen molar-refractivity contribution in [2.45, 2.75) is 12.5 Å². The standard InChI is InChI=1S/C11H13N3/c12-10-8-13-7-6-11(10)14-9-4-2-1-3-5-9/h1-5,7-8,11,14H,6,12H2/t11-/m1/s1. The molecule has 14 heavy (non-hydrogen) atoms. The van der Waals surface area contributed by atoms with Crippen molar-refractivity contribution in [3.8, 4) is 0 Å². The SMILES string of the molecule is NC1=CN=CC[C@H]1Nc1ccccc1. The number of benzene rings is 1. The smallest absolute Gasteiger partial charge is 0.0722 e. The van der Waals surface area contributed by atoms with Crippen LogP contribution in [-0.2, 0) is 0 Å². The van der Waals surface area contributed by atoms with Gasteiger partial charge in [0.05, 0.1) is 6.04 Å². The largest absolute Gasteiger partial charge is 0.399 e. The van der Waals surface area contributed by atoms with Crippen LogP contribution >= 0.6 is 0 Å². The Morgan fingerprint density at radius 2 is 2.07 bits per heavy atom. The van der Waals surface area contributed by atoms with Crippen LogP contribution in [0.25, 0.3) is 0 Å². The number of nitrogens with one attached hydrogen (secondary N) is 1. The van der Waals surface area contributed by atoms with Crippen molar-refractivity contribution in [3.05, 3.63) is 42.2 Å². The minimum absolute atomic E-state index is 0.176. The van der Waals surface area contributed by atoms with Crippen LogP contribution < -0.4 is 11.1 Å². The Morgan fingerprint density at radius 3 is 2.79 bits per heavy atom. The molecule has 3 heteroatoms. The number of nitrogens with two attached hydrogens (primary N) is 1. The molecule has 0 spiro atoms. The van der Waals surface area contributed by atoms with Crippen LogP contribution in [0.4, 0.5) is 5.69 Å². The van der Waals surface area contributed by atoms with Crippen molar-refractivity contribution >= 4 is 11.9 Å². The van der Waals surface area contributed by atoms with Crippen LogP contribution in [0.3, 0.4) is 0 Å². The second kappa shape index (κ2) is 3.96. The van der Waals surface area contributed by atoms with Gasteiger partial charge in [0.25, 0.3) is 0 Å². The van der Waals surface area contributed by atoms with Gasteiger partial charge in [-0.05, 0) is 12.1 Å². The maximum atomic E-state index is 5.81. The molecule has 0 aliphatic carbocycles. The van der Waals surface area contributed by atoms with Gasteiger partial charge in [-0.15, -0.1) is 0 Å². The number of aliphatic imine (C=N–C) groups is 1. The lowest BCUT2D eigenvalue weighted by Crippen LogP contribution is -2.28. The normalized spacial score (nSPS) is 20.3. The summed E-state index contributed by atoms with van der Waals surface area (Å²) in [7, 11) is 0. The van der Waals surface area contributed by atoms with E-state index in [1.165, 1.54) is 0 Å². The molecular weight excluding hydrogens is 174 g/mol. The summed E-state index contributed by atoms with van der Waals surface area (Å²) < 4.78 is 0. The van der Waals surface area contributed by atoms with Gasteiger partial charge in [0.2, 0.25) is 0 Å². The van der Waals surface area contributed by atoms with Gasteiger partial charge in [0.1, 0.15) is 0 Å². The van der Waals surface area contributed by atoms with E-state index < -0.39 is 0 Å². The van der Waals surface area contributed by atoms with Gasteiger partial charge in [0, 0.05) is 30.2 Å². The van der Waals surface area contributed by atoms with Crippen molar-refractivity contribution in [1.82, 2.24) is 0 Å². The Morgan fingerprint density at radius 1 is 1.29 bits per heavy atom. The van der Waals surface area contributed by atoms with E-state index in [4.69, 9.17) is 5.73 Å². The molecule has 0 radical (unpaired) electrons. The summed E-state index contributed by atoms with van der Waals surface area (Å²) in [6, 6.07) is 10.2. The van der Waals surface area contributed by atoms with Crippen LogP contribution in [0.5, 0.6) is 0 Å². The maximum Gasteiger partial charge on any atom is 0.0722 e. The van der Waals surface area contributed by atoms with Gasteiger partial charge in [-0.25, -0.2) is 0 Å². The summed E-state index contributed by atoms with van der Waals surface area (Å²) in [4.78, 5) is 4.00. The van der Waals surface area contributed by atoms with E-state index >= 15 is 0 Å². The zero-order valence-electron chi connectivity index (χ0n) is 7.85. The second-order valence-electron chi connectivity index (χ2n) is 3.26. The third-order valence-corrected chi connectivity index (χ3v) is 2.19. The van der Waals surface area contributed by atoms with E-state index in [-0.39, 0.29) is 6.04 Å². The van der Waals surface area contributed by atoms with E-state index in [1.807, 2.05) is 36.5 Å². The lowest BCUT2D eigenvalue weighted by atomic mass is 10.1. The first-order chi connectivity index (χ1) is 6.86. The van der Waals surface area contributed by atoms with Gasteiger partial charge in [-0.1, -0.05) is 18.2 Å². The van der Waals surface area contributed by atoms with Crippen molar-refractivity contribution in [2.75, 3.05) is 5.32 Å². The number of hydrogen-bond acceptors (Lipinski definition) is 3. The van der Waals surface area contributed by atoms with E-state index in [1.54, 1.807) is 6.20 Å². The highest BCUT2D eigenvalue weighted by molar-refractivity contribution is 5.63. The molecule has 1 heterocycles. The quantitative estimate of drug-likeness (QED) is 0.741. The average Bonchev–Trinajstić information content (AvgIpc) is 2.23. The molecule has 0 saturated heterocycles. The molecule has 1 aromatic carbocycles. The molecule has 72 valence electrons. The molecule has 0 fully saturated rings. The molecule has 2 rings (SSSR count). The third-order valence-electron chi connectivity index (χ3n) is 2.19. The fourth-order valence-electron chi connectivity index (χ4n) is 1.41. The van der Waals surface area contributed by atoms with E-state index in [0.717, 1.165) is 17.8 Å². The summed E-state index contributed by atoms with van der Waals surface area (Å²) in [5.41, 5.74) is 7.69. The molecule has 1 aliphatic heterocycles. The fourth-order valence-corrected chi connectivity index (χ4v) is 1.41. The fraction of sp³-hybridized carbons (Fsp3) is 0.182. The number of anilines is 1. The molecule has 0 aromatic heterocycles. The Balaban J connectivity index is 2.05. The van der Waals surface area contributed by atoms with Gasteiger partial charge in [-0.3, -0.25) is 4.99 Å². The van der Waals surface area contributed by atoms with Gasteiger partial charge < -0.3 is 11.1 Å². The number of rotatable bonds is 2. The van der Waals surface area contributed by atoms with Crippen molar-refractivity contribution in [1.29, 1.82) is 0 Å². The lowest BCUT2D eigenvalue weighted by molar-refractivity contribution is 0.839. The maximum absolute atomic E-state index is 5.81. The van der Waals surface area contributed by atoms with Gasteiger partial charge >= 0.3 is 0 Å². The lowest BCUT2D eigenvalue weighted by Gasteiger charge is -2.20. The molecule has 0 amide bonds. The van der Waals surface area contributed by atoms with Crippen molar-refractivity contribution in [3.63, 3.8) is 0 Å². The molecule has 0 saturated carbocycles. The highest BCUT2D eigenvalue weighted by Gasteiger charge is 2.12. The first kappa shape index (κ1) is 8.81. The molecule has 3 N–H and O–H groups in total. The Bertz CT molecular complexity index is 354. The predicted octanol–water partition coefficient (Wildman–Crippen LogP) is 1.74. The Kier molecular flexibility index (Phi) is 2.49. The second-order valence-corrected chi connectivity index (χ2v) is 3.26. The molecule has 0 bridgehead atoms. The summed E-state index contributed by atoms with van der Waals surface area (Å²) in [6.45, 7) is 0. The van der Waals surface area contributed by atoms with Gasteiger partial charge in [-0.2, -0.15) is 0 Å². The molecule has 1 atom stereocenters. The highest BCUT2D eigenvalue weighted by Crippen LogP contribution is 2.13. The highest BCUT2D eigenvalue weighted by atomic mass is 15.0. The van der Waals surface area contributed by atoms with Crippen LogP contribution in [0.1, 0.15) is 6.42 Å². The monoisotopic (exact) mass is 187 g/mol. The topological polar surface area (TPSA) is 50.4 Å². The zero-order valence-corrected chi connectivity index (χ0v) is 7.85. The van der Waals surface area contributed by atoms with E-state index in [9.17, 15) is 0 Å². The minimum atomic E-state index is 0.176. The molecule has 1 aromatic rings. The van der Waals surface area contributed by atoms with Crippen molar-refractivity contribution in [2.24, 2.45) is 10.7 Å². The molecule has 3 nitrogen and oxygen atoms in total. The van der Waals surface area contributed by atoms with Crippen molar-refractivity contribution < 1.29 is 0 Å². The third kappa shape index (κ3) is 1.93. The minimum Gasteiger partial charge on any atom is -0.399 e. The van der Waals surface area contributed by atoms with Crippen LogP contribution in [0, 0.1) is 0 Å². The Hall–Kier alpha value is -1.77. The zero-order chi connectivity index (χ0) is 9.80. The van der Waals surface area contributed by atoms with Crippen LogP contribution in [0.2, 0.25) is 0 Å². The van der Waals surface area contributed by atoms with Crippen LogP contribution in [0.15, 0.2) is 47.2 Å². The first-order valence-electron chi connectivity index (χ1n) is 4.65. The average molecular weight is 187 g/mol. The summed E-state index contributed by atoms with van der Waals surface area (Å²) >= 11 is 0. The molecule has 0 unspecified atom stereocenters. The number of hydrogen-bond donors (Lipinski definition) is 2. The molecular formula is C11H13N3. The summed E-state index contributed by atoms with van der Waals surface area (Å²) in [5, 5.41) is 3.35. The van der Waals surface area contributed by atoms with E-state index in [2.05, 4.69) is 10.3 Å². The summed E-state index contributed by atoms with van der Waals surface area (Å²) in [6.07, 6.45) is 4.41. The van der Waals surface area contributed by atoms with Gasteiger partial charge in [0.15, 0.2) is 0 Å². The number of para-hydroxylation sites is 1. The van der Waals surface area contributed by atoms with E-state index in [0.29, 0.717) is 0 Å². The number of nitrogens with zero attached hydrogens (tertiary/aromatic N) is 1. The van der Waals surface area contributed by atoms with Crippen LogP contribution in [-0.4, -0.2) is 12.3 Å². The predicted molar refractivity (Wildman–Crippen MR) is 59.2 cm³/mol. The summed E-state index contributed by atoms with van der Waals surface area (Å²) in [5.74, 6) is 0. The first-order valence-corrected chi connectivity index (χ1v) is 4.65. The Labute approximate surface area is 83.3 Å².